The predicted molar refractivity (Wildman–Crippen MR) is 101 cm³/mol. The van der Waals surface area contributed by atoms with Crippen LogP contribution in [0.4, 0.5) is 5.13 Å². The summed E-state index contributed by atoms with van der Waals surface area (Å²) in [4.78, 5) is 22.6. The molecule has 0 radical (unpaired) electrons. The molecule has 0 aliphatic heterocycles. The Morgan fingerprint density at radius 1 is 1.42 bits per heavy atom. The smallest absolute Gasteiger partial charge is 0.293 e. The molecular formula is C19H22N4O2S. The van der Waals surface area contributed by atoms with Gasteiger partial charge in [-0.2, -0.15) is 0 Å². The molecule has 0 spiro atoms. The molecule has 0 saturated heterocycles. The summed E-state index contributed by atoms with van der Waals surface area (Å²) in [6.07, 6.45) is 5.05. The van der Waals surface area contributed by atoms with Crippen LogP contribution >= 0.6 is 11.3 Å². The minimum Gasteiger partial charge on any atom is -0.454 e. The Morgan fingerprint density at radius 3 is 3.04 bits per heavy atom. The van der Waals surface area contributed by atoms with Crippen LogP contribution in [-0.2, 0) is 19.4 Å². The number of thiazole rings is 1. The van der Waals surface area contributed by atoms with Gasteiger partial charge in [0, 0.05) is 16.8 Å². The van der Waals surface area contributed by atoms with Crippen molar-refractivity contribution in [3.8, 4) is 0 Å². The molecule has 0 bridgehead atoms. The Hall–Kier alpha value is -2.41. The lowest BCUT2D eigenvalue weighted by Crippen LogP contribution is -2.11. The normalized spacial score (nSPS) is 16.5. The molecule has 3 aromatic rings. The van der Waals surface area contributed by atoms with Crippen molar-refractivity contribution in [1.82, 2.24) is 14.5 Å². The Balaban J connectivity index is 1.45. The molecule has 1 atom stereocenters. The molecule has 3 heterocycles. The molecule has 0 aromatic carbocycles. The zero-order chi connectivity index (χ0) is 18.3. The first kappa shape index (κ1) is 17.0. The quantitative estimate of drug-likeness (QED) is 0.754. The van der Waals surface area contributed by atoms with Crippen LogP contribution in [0.15, 0.2) is 22.7 Å². The van der Waals surface area contributed by atoms with Crippen molar-refractivity contribution in [2.45, 2.75) is 46.6 Å². The average molecular weight is 370 g/mol. The van der Waals surface area contributed by atoms with E-state index in [-0.39, 0.29) is 5.91 Å². The van der Waals surface area contributed by atoms with Gasteiger partial charge in [-0.05, 0) is 51.2 Å². The second-order valence-corrected chi connectivity index (χ2v) is 8.07. The average Bonchev–Trinajstić information content (AvgIpc) is 3.29. The fraction of sp³-hybridized carbons (Fsp3) is 0.421. The van der Waals surface area contributed by atoms with Gasteiger partial charge in [0.15, 0.2) is 10.9 Å². The third-order valence-electron chi connectivity index (χ3n) is 4.86. The Labute approximate surface area is 156 Å². The van der Waals surface area contributed by atoms with Crippen molar-refractivity contribution in [3.63, 3.8) is 0 Å². The largest absolute Gasteiger partial charge is 0.454 e. The molecule has 4 rings (SSSR count). The number of aromatic nitrogens is 3. The molecule has 0 fully saturated rings. The second kappa shape index (κ2) is 6.72. The van der Waals surface area contributed by atoms with E-state index < -0.39 is 0 Å². The highest BCUT2D eigenvalue weighted by Gasteiger charge is 2.21. The highest BCUT2D eigenvalue weighted by atomic mass is 32.1. The fourth-order valence-electron chi connectivity index (χ4n) is 3.31. The lowest BCUT2D eigenvalue weighted by atomic mass is 9.93. The number of anilines is 1. The molecule has 136 valence electrons. The number of furan rings is 1. The van der Waals surface area contributed by atoms with Gasteiger partial charge in [0.25, 0.3) is 5.91 Å². The van der Waals surface area contributed by atoms with Crippen molar-refractivity contribution >= 4 is 22.4 Å². The molecule has 1 aliphatic carbocycles. The summed E-state index contributed by atoms with van der Waals surface area (Å²) >= 11 is 1.58. The van der Waals surface area contributed by atoms with E-state index in [1.807, 2.05) is 26.1 Å². The van der Waals surface area contributed by atoms with Gasteiger partial charge in [-0.25, -0.2) is 9.97 Å². The molecule has 1 amide bonds. The fourth-order valence-corrected chi connectivity index (χ4v) is 4.48. The Morgan fingerprint density at radius 2 is 2.27 bits per heavy atom. The van der Waals surface area contributed by atoms with E-state index >= 15 is 0 Å². The number of carbonyl (C=O) groups is 1. The summed E-state index contributed by atoms with van der Waals surface area (Å²) in [7, 11) is 0. The van der Waals surface area contributed by atoms with Crippen LogP contribution in [0.1, 0.15) is 51.7 Å². The zero-order valence-corrected chi connectivity index (χ0v) is 16.0. The first-order valence-electron chi connectivity index (χ1n) is 8.87. The molecule has 1 N–H and O–H groups in total. The van der Waals surface area contributed by atoms with Crippen molar-refractivity contribution in [1.29, 1.82) is 0 Å². The first-order valence-corrected chi connectivity index (χ1v) is 9.68. The van der Waals surface area contributed by atoms with Gasteiger partial charge < -0.3 is 8.98 Å². The number of imidazole rings is 1. The highest BCUT2D eigenvalue weighted by Crippen LogP contribution is 2.32. The third kappa shape index (κ3) is 3.31. The van der Waals surface area contributed by atoms with Crippen molar-refractivity contribution < 1.29 is 9.21 Å². The zero-order valence-electron chi connectivity index (χ0n) is 15.2. The first-order chi connectivity index (χ1) is 12.5. The van der Waals surface area contributed by atoms with Gasteiger partial charge in [-0.15, -0.1) is 11.3 Å². The number of nitrogens with zero attached hydrogens (tertiary/aromatic N) is 3. The minimum absolute atomic E-state index is 0.255. The Kier molecular flexibility index (Phi) is 4.40. The van der Waals surface area contributed by atoms with Gasteiger partial charge in [-0.1, -0.05) is 6.92 Å². The number of rotatable bonds is 4. The van der Waals surface area contributed by atoms with E-state index in [1.54, 1.807) is 17.4 Å². The predicted octanol–water partition coefficient (Wildman–Crippen LogP) is 3.97. The SMILES string of the molecule is Cc1cnc(C)n1Cc1ccc(C(=O)Nc2nc3c(s2)C[C@H](C)CC3)o1. The van der Waals surface area contributed by atoms with Gasteiger partial charge in [0.1, 0.15) is 11.6 Å². The number of hydrogen-bond acceptors (Lipinski definition) is 5. The molecule has 7 heteroatoms. The maximum atomic E-state index is 12.5. The highest BCUT2D eigenvalue weighted by molar-refractivity contribution is 7.15. The van der Waals surface area contributed by atoms with Crippen LogP contribution in [0.3, 0.4) is 0 Å². The topological polar surface area (TPSA) is 73.0 Å². The maximum Gasteiger partial charge on any atom is 0.293 e. The van der Waals surface area contributed by atoms with Gasteiger partial charge in [-0.3, -0.25) is 10.1 Å². The number of nitrogens with one attached hydrogen (secondary N) is 1. The van der Waals surface area contributed by atoms with Crippen LogP contribution in [0, 0.1) is 19.8 Å². The van der Waals surface area contributed by atoms with E-state index in [4.69, 9.17) is 4.42 Å². The van der Waals surface area contributed by atoms with Crippen LogP contribution < -0.4 is 5.32 Å². The molecule has 6 nitrogen and oxygen atoms in total. The number of carbonyl (C=O) groups excluding carboxylic acids is 1. The van der Waals surface area contributed by atoms with E-state index in [2.05, 4.69) is 26.8 Å². The summed E-state index contributed by atoms with van der Waals surface area (Å²) in [5.74, 6) is 2.39. The van der Waals surface area contributed by atoms with Crippen LogP contribution in [0.25, 0.3) is 0 Å². The number of hydrogen-bond donors (Lipinski definition) is 1. The van der Waals surface area contributed by atoms with E-state index in [0.717, 1.165) is 35.8 Å². The van der Waals surface area contributed by atoms with Gasteiger partial charge >= 0.3 is 0 Å². The monoisotopic (exact) mass is 370 g/mol. The van der Waals surface area contributed by atoms with E-state index in [0.29, 0.717) is 23.4 Å². The Bertz CT molecular complexity index is 933. The van der Waals surface area contributed by atoms with Crippen molar-refractivity contribution in [2.24, 2.45) is 5.92 Å². The standard InChI is InChI=1S/C19H22N4O2S/c1-11-4-6-15-17(8-11)26-19(21-15)22-18(24)16-7-5-14(25-16)10-23-12(2)9-20-13(23)3/h5,7,9,11H,4,6,8,10H2,1-3H3,(H,21,22,24)/t11-/m1/s1. The van der Waals surface area contributed by atoms with Crippen LogP contribution in [-0.4, -0.2) is 20.4 Å². The number of aryl methyl sites for hydroxylation is 3. The van der Waals surface area contributed by atoms with Crippen molar-refractivity contribution in [2.75, 3.05) is 5.32 Å². The number of fused-ring (bicyclic) bond motifs is 1. The molecule has 26 heavy (non-hydrogen) atoms. The van der Waals surface area contributed by atoms with Crippen LogP contribution in [0.5, 0.6) is 0 Å². The summed E-state index contributed by atoms with van der Waals surface area (Å²) in [6.45, 7) is 6.78. The molecular weight excluding hydrogens is 348 g/mol. The number of amides is 1. The molecule has 0 unspecified atom stereocenters. The van der Waals surface area contributed by atoms with Crippen molar-refractivity contribution in [3.05, 3.63) is 51.9 Å². The summed E-state index contributed by atoms with van der Waals surface area (Å²) < 4.78 is 7.79. The summed E-state index contributed by atoms with van der Waals surface area (Å²) in [6, 6.07) is 3.55. The van der Waals surface area contributed by atoms with Gasteiger partial charge in [0.2, 0.25) is 0 Å². The molecule has 0 saturated carbocycles. The van der Waals surface area contributed by atoms with E-state index in [1.165, 1.54) is 11.3 Å². The third-order valence-corrected chi connectivity index (χ3v) is 5.90. The summed E-state index contributed by atoms with van der Waals surface area (Å²) in [5, 5.41) is 3.54. The molecule has 3 aromatic heterocycles. The van der Waals surface area contributed by atoms with Crippen LogP contribution in [0.2, 0.25) is 0 Å². The second-order valence-electron chi connectivity index (χ2n) is 6.99. The van der Waals surface area contributed by atoms with E-state index in [9.17, 15) is 4.79 Å². The summed E-state index contributed by atoms with van der Waals surface area (Å²) in [5.41, 5.74) is 2.20. The lowest BCUT2D eigenvalue weighted by Gasteiger charge is -2.15. The lowest BCUT2D eigenvalue weighted by molar-refractivity contribution is 0.0994. The van der Waals surface area contributed by atoms with Gasteiger partial charge in [0.05, 0.1) is 12.2 Å². The maximum absolute atomic E-state index is 12.5. The molecule has 1 aliphatic rings. The minimum atomic E-state index is -0.255.